The number of rotatable bonds is 5. The predicted molar refractivity (Wildman–Crippen MR) is 88.8 cm³/mol. The third-order valence-corrected chi connectivity index (χ3v) is 4.55. The summed E-state index contributed by atoms with van der Waals surface area (Å²) in [6.07, 6.45) is 3.10. The van der Waals surface area contributed by atoms with Gasteiger partial charge in [-0.05, 0) is 26.5 Å². The second kappa shape index (κ2) is 6.20. The van der Waals surface area contributed by atoms with E-state index in [4.69, 9.17) is 4.74 Å². The van der Waals surface area contributed by atoms with Crippen molar-refractivity contribution in [2.75, 3.05) is 20.1 Å². The molecule has 126 valence electrons. The van der Waals surface area contributed by atoms with Crippen LogP contribution in [0.2, 0.25) is 0 Å². The summed E-state index contributed by atoms with van der Waals surface area (Å²) in [6, 6.07) is 9.79. The molecular weight excluding hydrogens is 306 g/mol. The normalized spacial score (nSPS) is 17.8. The molecule has 1 aliphatic heterocycles. The number of carbonyl (C=O) groups excluding carboxylic acids is 2. The number of likely N-dealkylation sites (tertiary alicyclic amines) is 1. The number of imidazole rings is 1. The SMILES string of the molecule is CC(=O)C1(OC(=O)c2cncn2C(C)c2ccccc2)CN(C)C1. The highest BCUT2D eigenvalue weighted by molar-refractivity contribution is 5.94. The lowest BCUT2D eigenvalue weighted by atomic mass is 9.90. The van der Waals surface area contributed by atoms with Crippen molar-refractivity contribution in [3.63, 3.8) is 0 Å². The van der Waals surface area contributed by atoms with Crippen LogP contribution >= 0.6 is 0 Å². The van der Waals surface area contributed by atoms with E-state index < -0.39 is 11.6 Å². The van der Waals surface area contributed by atoms with Crippen LogP contribution < -0.4 is 0 Å². The highest BCUT2D eigenvalue weighted by atomic mass is 16.6. The van der Waals surface area contributed by atoms with Crippen LogP contribution in [-0.2, 0) is 9.53 Å². The van der Waals surface area contributed by atoms with Gasteiger partial charge in [-0.1, -0.05) is 30.3 Å². The van der Waals surface area contributed by atoms with E-state index in [0.717, 1.165) is 5.56 Å². The Kier molecular flexibility index (Phi) is 4.24. The summed E-state index contributed by atoms with van der Waals surface area (Å²) in [4.78, 5) is 30.6. The first-order chi connectivity index (χ1) is 11.4. The molecule has 2 aromatic rings. The van der Waals surface area contributed by atoms with Crippen molar-refractivity contribution in [3.8, 4) is 0 Å². The Morgan fingerprint density at radius 1 is 1.25 bits per heavy atom. The molecule has 24 heavy (non-hydrogen) atoms. The fourth-order valence-corrected chi connectivity index (χ4v) is 3.08. The van der Waals surface area contributed by atoms with E-state index in [2.05, 4.69) is 4.98 Å². The van der Waals surface area contributed by atoms with Gasteiger partial charge in [0, 0.05) is 13.1 Å². The Morgan fingerprint density at radius 2 is 1.92 bits per heavy atom. The molecule has 1 aromatic heterocycles. The van der Waals surface area contributed by atoms with Gasteiger partial charge < -0.3 is 9.30 Å². The van der Waals surface area contributed by atoms with Gasteiger partial charge in [-0.3, -0.25) is 9.69 Å². The first-order valence-electron chi connectivity index (χ1n) is 7.93. The standard InChI is InChI=1S/C18H21N3O3/c1-13(15-7-5-4-6-8-15)21-12-19-9-16(21)17(23)24-18(14(2)22)10-20(3)11-18/h4-9,12-13H,10-11H2,1-3H3. The van der Waals surface area contributed by atoms with Crippen LogP contribution in [0.5, 0.6) is 0 Å². The smallest absolute Gasteiger partial charge is 0.357 e. The summed E-state index contributed by atoms with van der Waals surface area (Å²) in [6.45, 7) is 4.31. The minimum atomic E-state index is -1.03. The molecule has 3 rings (SSSR count). The largest absolute Gasteiger partial charge is 0.444 e. The Labute approximate surface area is 141 Å². The lowest BCUT2D eigenvalue weighted by Gasteiger charge is -2.45. The molecule has 1 saturated heterocycles. The van der Waals surface area contributed by atoms with Gasteiger partial charge in [0.1, 0.15) is 5.69 Å². The van der Waals surface area contributed by atoms with Crippen molar-refractivity contribution in [1.82, 2.24) is 14.5 Å². The van der Waals surface area contributed by atoms with Gasteiger partial charge in [0.15, 0.2) is 11.4 Å². The van der Waals surface area contributed by atoms with E-state index >= 15 is 0 Å². The predicted octanol–water partition coefficient (Wildman–Crippen LogP) is 1.92. The molecule has 1 unspecified atom stereocenters. The number of nitrogens with zero attached hydrogens (tertiary/aromatic N) is 3. The number of Topliss-reactive ketones (excluding diaryl/α,β-unsaturated/α-hetero) is 1. The second-order valence-electron chi connectivity index (χ2n) is 6.39. The molecule has 1 aromatic carbocycles. The fourth-order valence-electron chi connectivity index (χ4n) is 3.08. The van der Waals surface area contributed by atoms with Crippen molar-refractivity contribution >= 4 is 11.8 Å². The first-order valence-corrected chi connectivity index (χ1v) is 7.93. The quantitative estimate of drug-likeness (QED) is 0.785. The Hall–Kier alpha value is -2.47. The van der Waals surface area contributed by atoms with Crippen LogP contribution in [0.3, 0.4) is 0 Å². The number of ketones is 1. The number of carbonyl (C=O) groups is 2. The summed E-state index contributed by atoms with van der Waals surface area (Å²) in [5.74, 6) is -0.644. The average Bonchev–Trinajstić information content (AvgIpc) is 3.02. The van der Waals surface area contributed by atoms with Crippen LogP contribution in [0.1, 0.15) is 35.9 Å². The van der Waals surface area contributed by atoms with Crippen molar-refractivity contribution in [2.45, 2.75) is 25.5 Å². The molecule has 6 nitrogen and oxygen atoms in total. The molecule has 2 heterocycles. The van der Waals surface area contributed by atoms with E-state index in [0.29, 0.717) is 18.8 Å². The van der Waals surface area contributed by atoms with Crippen LogP contribution in [0.25, 0.3) is 0 Å². The molecule has 0 N–H and O–H groups in total. The molecule has 6 heteroatoms. The Bertz CT molecular complexity index is 748. The molecule has 0 radical (unpaired) electrons. The molecule has 0 bridgehead atoms. The van der Waals surface area contributed by atoms with Crippen LogP contribution in [0.4, 0.5) is 0 Å². The maximum Gasteiger partial charge on any atom is 0.357 e. The average molecular weight is 327 g/mol. The topological polar surface area (TPSA) is 64.4 Å². The molecule has 1 aliphatic rings. The van der Waals surface area contributed by atoms with Crippen LogP contribution in [-0.4, -0.2) is 51.9 Å². The van der Waals surface area contributed by atoms with Gasteiger partial charge in [-0.2, -0.15) is 0 Å². The molecule has 1 atom stereocenters. The van der Waals surface area contributed by atoms with Crippen molar-refractivity contribution < 1.29 is 14.3 Å². The second-order valence-corrected chi connectivity index (χ2v) is 6.39. The van der Waals surface area contributed by atoms with Crippen LogP contribution in [0.15, 0.2) is 42.9 Å². The third-order valence-electron chi connectivity index (χ3n) is 4.55. The molecule has 0 aliphatic carbocycles. The number of esters is 1. The highest BCUT2D eigenvalue weighted by Gasteiger charge is 2.49. The number of aromatic nitrogens is 2. The van der Waals surface area contributed by atoms with E-state index in [-0.39, 0.29) is 11.8 Å². The number of ether oxygens (including phenoxy) is 1. The summed E-state index contributed by atoms with van der Waals surface area (Å²) in [5.41, 5.74) is 0.382. The fraction of sp³-hybridized carbons (Fsp3) is 0.389. The van der Waals surface area contributed by atoms with Crippen LogP contribution in [0, 0.1) is 0 Å². The molecule has 0 amide bonds. The lowest BCUT2D eigenvalue weighted by Crippen LogP contribution is -2.66. The number of likely N-dealkylation sites (N-methyl/N-ethyl adjacent to an activating group) is 1. The zero-order chi connectivity index (χ0) is 17.3. The maximum absolute atomic E-state index is 12.6. The summed E-state index contributed by atoms with van der Waals surface area (Å²) < 4.78 is 7.36. The van der Waals surface area contributed by atoms with Gasteiger partial charge in [0.2, 0.25) is 0 Å². The number of benzene rings is 1. The van der Waals surface area contributed by atoms with E-state index in [9.17, 15) is 9.59 Å². The first kappa shape index (κ1) is 16.4. The van der Waals surface area contributed by atoms with Crippen molar-refractivity contribution in [2.24, 2.45) is 0 Å². The third kappa shape index (κ3) is 2.85. The summed E-state index contributed by atoms with van der Waals surface area (Å²) >= 11 is 0. The van der Waals surface area contributed by atoms with Gasteiger partial charge in [-0.25, -0.2) is 9.78 Å². The molecule has 0 saturated carbocycles. The maximum atomic E-state index is 12.6. The van der Waals surface area contributed by atoms with Gasteiger partial charge in [-0.15, -0.1) is 0 Å². The Balaban J connectivity index is 1.82. The van der Waals surface area contributed by atoms with Gasteiger partial charge in [0.25, 0.3) is 0 Å². The number of hydrogen-bond donors (Lipinski definition) is 0. The monoisotopic (exact) mass is 327 g/mol. The van der Waals surface area contributed by atoms with Gasteiger partial charge in [0.05, 0.1) is 18.6 Å². The summed E-state index contributed by atoms with van der Waals surface area (Å²) in [5, 5.41) is 0. The van der Waals surface area contributed by atoms with Gasteiger partial charge >= 0.3 is 5.97 Å². The van der Waals surface area contributed by atoms with Crippen molar-refractivity contribution in [3.05, 3.63) is 54.1 Å². The molecule has 0 spiro atoms. The lowest BCUT2D eigenvalue weighted by molar-refractivity contribution is -0.153. The molecule has 1 fully saturated rings. The van der Waals surface area contributed by atoms with E-state index in [1.165, 1.54) is 13.1 Å². The van der Waals surface area contributed by atoms with E-state index in [1.807, 2.05) is 49.2 Å². The zero-order valence-electron chi connectivity index (χ0n) is 14.1. The number of hydrogen-bond acceptors (Lipinski definition) is 5. The summed E-state index contributed by atoms with van der Waals surface area (Å²) in [7, 11) is 1.89. The minimum absolute atomic E-state index is 0.0615. The van der Waals surface area contributed by atoms with E-state index in [1.54, 1.807) is 10.9 Å². The Morgan fingerprint density at radius 3 is 2.50 bits per heavy atom. The molecular formula is C18H21N3O3. The minimum Gasteiger partial charge on any atom is -0.444 e. The van der Waals surface area contributed by atoms with Crippen molar-refractivity contribution in [1.29, 1.82) is 0 Å². The zero-order valence-corrected chi connectivity index (χ0v) is 14.1. The highest BCUT2D eigenvalue weighted by Crippen LogP contribution is 2.27.